The van der Waals surface area contributed by atoms with Crippen LogP contribution in [0.25, 0.3) is 11.4 Å². The van der Waals surface area contributed by atoms with Crippen LogP contribution in [0, 0.1) is 6.92 Å². The van der Waals surface area contributed by atoms with E-state index >= 15 is 0 Å². The maximum Gasteiger partial charge on any atom is 0.216 e. The fourth-order valence-electron chi connectivity index (χ4n) is 4.40. The molecule has 5 aromatic rings. The van der Waals surface area contributed by atoms with E-state index in [1.807, 2.05) is 43.7 Å². The van der Waals surface area contributed by atoms with Crippen molar-refractivity contribution in [2.75, 3.05) is 7.11 Å². The van der Waals surface area contributed by atoms with Crippen LogP contribution in [0.3, 0.4) is 0 Å². The largest absolute Gasteiger partial charge is 0.481 e. The molecule has 0 spiro atoms. The van der Waals surface area contributed by atoms with Gasteiger partial charge in [0.1, 0.15) is 17.1 Å². The molecule has 2 aromatic heterocycles. The third-order valence-electron chi connectivity index (χ3n) is 5.83. The maximum absolute atomic E-state index is 5.35. The number of rotatable bonds is 6. The van der Waals surface area contributed by atoms with Gasteiger partial charge in [-0.05, 0) is 23.6 Å². The Labute approximate surface area is 193 Å². The molecule has 0 N–H and O–H groups in total. The minimum Gasteiger partial charge on any atom is -0.481 e. The normalized spacial score (nSPS) is 11.3. The van der Waals surface area contributed by atoms with Gasteiger partial charge in [0.15, 0.2) is 0 Å². The van der Waals surface area contributed by atoms with Crippen LogP contribution in [0.4, 0.5) is 0 Å². The minimum absolute atomic E-state index is 0.521. The number of methoxy groups -OCH3 is 1. The molecule has 0 aliphatic rings. The monoisotopic (exact) mass is 432 g/mol. The molecule has 0 saturated heterocycles. The van der Waals surface area contributed by atoms with Gasteiger partial charge in [-0.2, -0.15) is 4.98 Å². The summed E-state index contributed by atoms with van der Waals surface area (Å²) in [6.07, 6.45) is 3.93. The number of hydrogen-bond acceptors (Lipinski definition) is 4. The van der Waals surface area contributed by atoms with Crippen molar-refractivity contribution in [1.29, 1.82) is 0 Å². The summed E-state index contributed by atoms with van der Waals surface area (Å²) in [7, 11) is 1.61. The van der Waals surface area contributed by atoms with Gasteiger partial charge in [-0.25, -0.2) is 9.97 Å². The van der Waals surface area contributed by atoms with Gasteiger partial charge in [0.25, 0.3) is 0 Å². The van der Waals surface area contributed by atoms with E-state index in [0.717, 1.165) is 28.1 Å². The lowest BCUT2D eigenvalue weighted by Gasteiger charge is -2.37. The molecule has 162 valence electrons. The van der Waals surface area contributed by atoms with Crippen molar-refractivity contribution in [3.05, 3.63) is 132 Å². The van der Waals surface area contributed by atoms with Gasteiger partial charge >= 0.3 is 0 Å². The molecule has 0 fully saturated rings. The summed E-state index contributed by atoms with van der Waals surface area (Å²) < 4.78 is 7.53. The van der Waals surface area contributed by atoms with E-state index in [9.17, 15) is 0 Å². The molecule has 33 heavy (non-hydrogen) atoms. The topological polar surface area (TPSA) is 52.8 Å². The van der Waals surface area contributed by atoms with E-state index in [4.69, 9.17) is 9.72 Å². The quantitative estimate of drug-likeness (QED) is 0.333. The van der Waals surface area contributed by atoms with Crippen molar-refractivity contribution in [3.63, 3.8) is 0 Å². The molecule has 0 bridgehead atoms. The molecule has 2 heterocycles. The first kappa shape index (κ1) is 20.6. The molecule has 0 unspecified atom stereocenters. The van der Waals surface area contributed by atoms with Gasteiger partial charge in [-0.1, -0.05) is 91.0 Å². The average molecular weight is 433 g/mol. The number of ether oxygens (including phenoxy) is 1. The number of nitrogens with zero attached hydrogens (tertiary/aromatic N) is 4. The highest BCUT2D eigenvalue weighted by atomic mass is 16.5. The van der Waals surface area contributed by atoms with E-state index in [-0.39, 0.29) is 0 Å². The van der Waals surface area contributed by atoms with E-state index < -0.39 is 5.54 Å². The Morgan fingerprint density at radius 3 is 1.70 bits per heavy atom. The highest BCUT2D eigenvalue weighted by molar-refractivity contribution is 5.57. The van der Waals surface area contributed by atoms with Gasteiger partial charge < -0.3 is 9.30 Å². The lowest BCUT2D eigenvalue weighted by atomic mass is 9.77. The zero-order valence-corrected chi connectivity index (χ0v) is 18.6. The molecule has 0 atom stereocenters. The van der Waals surface area contributed by atoms with Crippen LogP contribution in [-0.4, -0.2) is 26.6 Å². The Morgan fingerprint density at radius 2 is 1.21 bits per heavy atom. The standard InChI is InChI=1S/C28H24N4O/c1-21-30-25(18-27(31-21)33-2)26-19-32(20-29-26)28(22-12-6-3-7-13-22,23-14-8-4-9-15-23)24-16-10-5-11-17-24/h3-20H,1-2H3. The second-order valence-corrected chi connectivity index (χ2v) is 7.82. The van der Waals surface area contributed by atoms with Crippen molar-refractivity contribution in [2.45, 2.75) is 12.5 Å². The molecule has 5 nitrogen and oxygen atoms in total. The molecule has 0 aliphatic carbocycles. The Balaban J connectivity index is 1.79. The highest BCUT2D eigenvalue weighted by Gasteiger charge is 2.38. The van der Waals surface area contributed by atoms with Crippen LogP contribution in [0.2, 0.25) is 0 Å². The molecule has 0 aliphatic heterocycles. The lowest BCUT2D eigenvalue weighted by Crippen LogP contribution is -2.36. The van der Waals surface area contributed by atoms with E-state index in [0.29, 0.717) is 11.7 Å². The van der Waals surface area contributed by atoms with Gasteiger partial charge in [-0.3, -0.25) is 0 Å². The number of aryl methyl sites for hydroxylation is 1. The molecule has 0 radical (unpaired) electrons. The summed E-state index contributed by atoms with van der Waals surface area (Å²) in [5.74, 6) is 1.16. The van der Waals surface area contributed by atoms with Crippen LogP contribution in [0.5, 0.6) is 5.88 Å². The van der Waals surface area contributed by atoms with Crippen molar-refractivity contribution < 1.29 is 4.74 Å². The predicted molar refractivity (Wildman–Crippen MR) is 129 cm³/mol. The van der Waals surface area contributed by atoms with Crippen molar-refractivity contribution in [3.8, 4) is 17.3 Å². The first-order valence-electron chi connectivity index (χ1n) is 10.8. The summed E-state index contributed by atoms with van der Waals surface area (Å²) in [6.45, 7) is 1.85. The fraction of sp³-hybridized carbons (Fsp3) is 0.107. The van der Waals surface area contributed by atoms with Crippen LogP contribution < -0.4 is 4.74 Å². The number of aromatic nitrogens is 4. The van der Waals surface area contributed by atoms with Crippen LogP contribution in [0.15, 0.2) is 110 Å². The summed E-state index contributed by atoms with van der Waals surface area (Å²) in [4.78, 5) is 13.7. The van der Waals surface area contributed by atoms with Gasteiger partial charge in [0.05, 0.1) is 19.1 Å². The Kier molecular flexibility index (Phi) is 5.45. The number of hydrogen-bond donors (Lipinski definition) is 0. The van der Waals surface area contributed by atoms with Crippen LogP contribution >= 0.6 is 0 Å². The predicted octanol–water partition coefficient (Wildman–Crippen LogP) is 5.50. The number of benzene rings is 3. The van der Waals surface area contributed by atoms with E-state index in [1.165, 1.54) is 0 Å². The molecule has 5 rings (SSSR count). The van der Waals surface area contributed by atoms with E-state index in [2.05, 4.69) is 87.3 Å². The zero-order valence-electron chi connectivity index (χ0n) is 18.6. The van der Waals surface area contributed by atoms with Gasteiger partial charge in [0.2, 0.25) is 5.88 Å². The third-order valence-corrected chi connectivity index (χ3v) is 5.83. The summed E-state index contributed by atoms with van der Waals surface area (Å²) in [5.41, 5.74) is 4.29. The molecular formula is C28H24N4O. The molecule has 5 heteroatoms. The molecule has 0 saturated carbocycles. The Hall–Kier alpha value is -4.25. The fourth-order valence-corrected chi connectivity index (χ4v) is 4.40. The van der Waals surface area contributed by atoms with Crippen molar-refractivity contribution in [2.24, 2.45) is 0 Å². The minimum atomic E-state index is -0.610. The van der Waals surface area contributed by atoms with Gasteiger partial charge in [-0.15, -0.1) is 0 Å². The first-order chi connectivity index (χ1) is 16.2. The molecular weight excluding hydrogens is 408 g/mol. The number of imidazole rings is 1. The maximum atomic E-state index is 5.35. The molecule has 3 aromatic carbocycles. The summed E-state index contributed by atoms with van der Waals surface area (Å²) in [6, 6.07) is 33.4. The first-order valence-corrected chi connectivity index (χ1v) is 10.8. The van der Waals surface area contributed by atoms with E-state index in [1.54, 1.807) is 7.11 Å². The van der Waals surface area contributed by atoms with Crippen LogP contribution in [-0.2, 0) is 5.54 Å². The Morgan fingerprint density at radius 1 is 0.697 bits per heavy atom. The smallest absolute Gasteiger partial charge is 0.216 e. The highest BCUT2D eigenvalue weighted by Crippen LogP contribution is 2.41. The van der Waals surface area contributed by atoms with Crippen LogP contribution in [0.1, 0.15) is 22.5 Å². The lowest BCUT2D eigenvalue weighted by molar-refractivity contribution is 0.396. The van der Waals surface area contributed by atoms with Crippen molar-refractivity contribution >= 4 is 0 Å². The van der Waals surface area contributed by atoms with Crippen molar-refractivity contribution in [1.82, 2.24) is 19.5 Å². The SMILES string of the molecule is COc1cc(-c2cn(C(c3ccccc3)(c3ccccc3)c3ccccc3)cn2)nc(C)n1. The summed E-state index contributed by atoms with van der Waals surface area (Å²) >= 11 is 0. The molecule has 0 amide bonds. The Bertz CT molecular complexity index is 1250. The second kappa shape index (κ2) is 8.71. The second-order valence-electron chi connectivity index (χ2n) is 7.82. The summed E-state index contributed by atoms with van der Waals surface area (Å²) in [5, 5.41) is 0. The third kappa shape index (κ3) is 3.68. The average Bonchev–Trinajstić information content (AvgIpc) is 3.37. The van der Waals surface area contributed by atoms with Gasteiger partial charge in [0, 0.05) is 12.3 Å². The zero-order chi connectivity index (χ0) is 22.7.